The zero-order valence-electron chi connectivity index (χ0n) is 8.31. The van der Waals surface area contributed by atoms with Gasteiger partial charge < -0.3 is 5.32 Å². The van der Waals surface area contributed by atoms with E-state index in [0.29, 0.717) is 11.7 Å². The minimum atomic E-state index is 0.487. The molecule has 0 fully saturated rings. The number of nitrogens with one attached hydrogen (secondary N) is 1. The van der Waals surface area contributed by atoms with Crippen molar-refractivity contribution in [3.63, 3.8) is 0 Å². The lowest BCUT2D eigenvalue weighted by Crippen LogP contribution is -1.99. The highest BCUT2D eigenvalue weighted by atomic mass is 35.5. The molecule has 0 saturated heterocycles. The first-order chi connectivity index (χ1) is 7.25. The fourth-order valence-corrected chi connectivity index (χ4v) is 1.46. The summed E-state index contributed by atoms with van der Waals surface area (Å²) >= 11 is 5.90. The number of nitrogens with zero attached hydrogens (tertiary/aromatic N) is 3. The number of anilines is 1. The Morgan fingerprint density at radius 3 is 3.07 bits per heavy atom. The molecule has 2 rings (SSSR count). The molecule has 0 aliphatic rings. The van der Waals surface area contributed by atoms with Crippen LogP contribution in [-0.4, -0.2) is 14.8 Å². The number of rotatable bonds is 3. The van der Waals surface area contributed by atoms with E-state index in [1.54, 1.807) is 10.9 Å². The summed E-state index contributed by atoms with van der Waals surface area (Å²) in [5.74, 6) is 0. The number of halogens is 1. The summed E-state index contributed by atoms with van der Waals surface area (Å²) in [4.78, 5) is 3.98. The summed E-state index contributed by atoms with van der Waals surface area (Å²) in [6.07, 6.45) is 5.44. The first-order valence-electron chi connectivity index (χ1n) is 4.57. The SMILES string of the molecule is Cn1cc(CNc2cccnc2Cl)cn1. The second-order valence-electron chi connectivity index (χ2n) is 3.22. The second kappa shape index (κ2) is 4.31. The average molecular weight is 223 g/mol. The van der Waals surface area contributed by atoms with Gasteiger partial charge in [-0.15, -0.1) is 0 Å². The van der Waals surface area contributed by atoms with Gasteiger partial charge in [0.05, 0.1) is 11.9 Å². The molecule has 5 heteroatoms. The highest BCUT2D eigenvalue weighted by Crippen LogP contribution is 2.17. The number of hydrogen-bond donors (Lipinski definition) is 1. The van der Waals surface area contributed by atoms with E-state index in [1.165, 1.54) is 0 Å². The number of aromatic nitrogens is 3. The Morgan fingerprint density at radius 1 is 1.53 bits per heavy atom. The predicted molar refractivity (Wildman–Crippen MR) is 59.8 cm³/mol. The van der Waals surface area contributed by atoms with E-state index in [9.17, 15) is 0 Å². The van der Waals surface area contributed by atoms with Gasteiger partial charge in [0.15, 0.2) is 5.15 Å². The molecule has 0 spiro atoms. The molecule has 0 bridgehead atoms. The van der Waals surface area contributed by atoms with Crippen LogP contribution in [0.2, 0.25) is 5.15 Å². The standard InChI is InChI=1S/C10H11ClN4/c1-15-7-8(6-14-15)5-13-9-3-2-4-12-10(9)11/h2-4,6-7,13H,5H2,1H3. The minimum absolute atomic E-state index is 0.487. The van der Waals surface area contributed by atoms with Crippen molar-refractivity contribution in [3.05, 3.63) is 41.4 Å². The van der Waals surface area contributed by atoms with Gasteiger partial charge >= 0.3 is 0 Å². The fraction of sp³-hybridized carbons (Fsp3) is 0.200. The van der Waals surface area contributed by atoms with Crippen LogP contribution in [0, 0.1) is 0 Å². The van der Waals surface area contributed by atoms with E-state index in [-0.39, 0.29) is 0 Å². The van der Waals surface area contributed by atoms with E-state index >= 15 is 0 Å². The van der Waals surface area contributed by atoms with E-state index in [2.05, 4.69) is 15.4 Å². The molecule has 0 amide bonds. The maximum Gasteiger partial charge on any atom is 0.152 e. The molecule has 2 aromatic rings. The summed E-state index contributed by atoms with van der Waals surface area (Å²) < 4.78 is 1.77. The quantitative estimate of drug-likeness (QED) is 0.809. The van der Waals surface area contributed by atoms with Crippen LogP contribution in [0.5, 0.6) is 0 Å². The Hall–Kier alpha value is -1.55. The summed E-state index contributed by atoms with van der Waals surface area (Å²) in [5.41, 5.74) is 1.94. The topological polar surface area (TPSA) is 42.7 Å². The van der Waals surface area contributed by atoms with Gasteiger partial charge in [-0.1, -0.05) is 11.6 Å². The lowest BCUT2D eigenvalue weighted by atomic mass is 10.3. The lowest BCUT2D eigenvalue weighted by Gasteiger charge is -2.05. The molecule has 78 valence electrons. The molecule has 0 atom stereocenters. The zero-order chi connectivity index (χ0) is 10.7. The number of hydrogen-bond acceptors (Lipinski definition) is 3. The number of aryl methyl sites for hydroxylation is 1. The van der Waals surface area contributed by atoms with Gasteiger partial charge in [0, 0.05) is 31.5 Å². The van der Waals surface area contributed by atoms with Crippen molar-refractivity contribution in [1.29, 1.82) is 0 Å². The Balaban J connectivity index is 2.02. The molecule has 1 N–H and O–H groups in total. The van der Waals surface area contributed by atoms with E-state index in [1.807, 2.05) is 31.6 Å². The van der Waals surface area contributed by atoms with Crippen molar-refractivity contribution >= 4 is 17.3 Å². The van der Waals surface area contributed by atoms with Crippen molar-refractivity contribution in [2.24, 2.45) is 7.05 Å². The van der Waals surface area contributed by atoms with Crippen molar-refractivity contribution in [2.75, 3.05) is 5.32 Å². The van der Waals surface area contributed by atoms with Crippen molar-refractivity contribution in [1.82, 2.24) is 14.8 Å². The van der Waals surface area contributed by atoms with E-state index in [4.69, 9.17) is 11.6 Å². The molecular formula is C10H11ClN4. The molecule has 0 unspecified atom stereocenters. The largest absolute Gasteiger partial charge is 0.378 e. The first-order valence-corrected chi connectivity index (χ1v) is 4.95. The number of pyridine rings is 1. The van der Waals surface area contributed by atoms with Gasteiger partial charge in [0.25, 0.3) is 0 Å². The first kappa shape index (κ1) is 9.98. The zero-order valence-corrected chi connectivity index (χ0v) is 9.07. The maximum atomic E-state index is 5.90. The summed E-state index contributed by atoms with van der Waals surface area (Å²) in [7, 11) is 1.89. The molecular weight excluding hydrogens is 212 g/mol. The lowest BCUT2D eigenvalue weighted by molar-refractivity contribution is 0.767. The Bertz CT molecular complexity index is 452. The van der Waals surface area contributed by atoms with E-state index in [0.717, 1.165) is 11.3 Å². The third-order valence-corrected chi connectivity index (χ3v) is 2.30. The Kier molecular flexibility index (Phi) is 2.87. The van der Waals surface area contributed by atoms with Gasteiger partial charge in [0.2, 0.25) is 0 Å². The van der Waals surface area contributed by atoms with Crippen LogP contribution < -0.4 is 5.32 Å². The summed E-state index contributed by atoms with van der Waals surface area (Å²) in [5, 5.41) is 7.76. The minimum Gasteiger partial charge on any atom is -0.378 e. The van der Waals surface area contributed by atoms with Crippen molar-refractivity contribution in [2.45, 2.75) is 6.54 Å². The summed E-state index contributed by atoms with van der Waals surface area (Å²) in [6, 6.07) is 3.74. The van der Waals surface area contributed by atoms with E-state index < -0.39 is 0 Å². The second-order valence-corrected chi connectivity index (χ2v) is 3.58. The molecule has 2 aromatic heterocycles. The third-order valence-electron chi connectivity index (χ3n) is 2.00. The molecule has 4 nitrogen and oxygen atoms in total. The molecule has 0 aromatic carbocycles. The van der Waals surface area contributed by atoms with Gasteiger partial charge in [-0.2, -0.15) is 5.10 Å². The highest BCUT2D eigenvalue weighted by molar-refractivity contribution is 6.31. The third kappa shape index (κ3) is 2.47. The fourth-order valence-electron chi connectivity index (χ4n) is 1.28. The predicted octanol–water partition coefficient (Wildman–Crippen LogP) is 2.08. The van der Waals surface area contributed by atoms with Gasteiger partial charge in [0.1, 0.15) is 0 Å². The average Bonchev–Trinajstić information content (AvgIpc) is 2.63. The van der Waals surface area contributed by atoms with Crippen LogP contribution in [0.3, 0.4) is 0 Å². The van der Waals surface area contributed by atoms with Gasteiger partial charge in [-0.05, 0) is 12.1 Å². The van der Waals surface area contributed by atoms with Crippen LogP contribution >= 0.6 is 11.6 Å². The van der Waals surface area contributed by atoms with Crippen molar-refractivity contribution < 1.29 is 0 Å². The normalized spacial score (nSPS) is 10.3. The molecule has 0 aliphatic heterocycles. The van der Waals surface area contributed by atoms with Gasteiger partial charge in [-0.3, -0.25) is 4.68 Å². The molecule has 15 heavy (non-hydrogen) atoms. The summed E-state index contributed by atoms with van der Waals surface area (Å²) in [6.45, 7) is 0.694. The monoisotopic (exact) mass is 222 g/mol. The van der Waals surface area contributed by atoms with Crippen LogP contribution in [0.15, 0.2) is 30.7 Å². The van der Waals surface area contributed by atoms with Crippen LogP contribution in [-0.2, 0) is 13.6 Å². The molecule has 0 aliphatic carbocycles. The Labute approximate surface area is 92.9 Å². The molecule has 2 heterocycles. The van der Waals surface area contributed by atoms with Crippen LogP contribution in [0.4, 0.5) is 5.69 Å². The van der Waals surface area contributed by atoms with Crippen LogP contribution in [0.1, 0.15) is 5.56 Å². The molecule has 0 radical (unpaired) electrons. The van der Waals surface area contributed by atoms with Crippen LogP contribution in [0.25, 0.3) is 0 Å². The Morgan fingerprint density at radius 2 is 2.40 bits per heavy atom. The molecule has 0 saturated carbocycles. The highest BCUT2D eigenvalue weighted by Gasteiger charge is 2.00. The maximum absolute atomic E-state index is 5.90. The van der Waals surface area contributed by atoms with Crippen molar-refractivity contribution in [3.8, 4) is 0 Å². The smallest absolute Gasteiger partial charge is 0.152 e. The van der Waals surface area contributed by atoms with Gasteiger partial charge in [-0.25, -0.2) is 4.98 Å².